The Balaban J connectivity index is 1.64. The van der Waals surface area contributed by atoms with E-state index >= 15 is 0 Å². The minimum Gasteiger partial charge on any atom is -0.338 e. The van der Waals surface area contributed by atoms with Gasteiger partial charge in [0.25, 0.3) is 5.91 Å². The van der Waals surface area contributed by atoms with Gasteiger partial charge in [0.1, 0.15) is 12.1 Å². The van der Waals surface area contributed by atoms with Gasteiger partial charge in [0.05, 0.1) is 0 Å². The molecule has 1 atom stereocenters. The van der Waals surface area contributed by atoms with E-state index in [0.29, 0.717) is 18.8 Å². The number of carbonyl (C=O) groups is 3. The second-order valence-electron chi connectivity index (χ2n) is 9.90. The quantitative estimate of drug-likeness (QED) is 0.764. The Labute approximate surface area is 163 Å². The van der Waals surface area contributed by atoms with Crippen molar-refractivity contribution in [2.24, 2.45) is 11.3 Å². The van der Waals surface area contributed by atoms with E-state index in [2.05, 4.69) is 33.0 Å². The largest absolute Gasteiger partial charge is 0.338 e. The molecule has 2 aliphatic heterocycles. The van der Waals surface area contributed by atoms with Crippen LogP contribution in [0.25, 0.3) is 0 Å². The van der Waals surface area contributed by atoms with Gasteiger partial charge in [-0.2, -0.15) is 0 Å². The van der Waals surface area contributed by atoms with Crippen molar-refractivity contribution in [2.45, 2.75) is 90.6 Å². The molecule has 0 bridgehead atoms. The van der Waals surface area contributed by atoms with E-state index in [0.717, 1.165) is 45.1 Å². The summed E-state index contributed by atoms with van der Waals surface area (Å²) in [5, 5.41) is 2.93. The molecule has 0 aromatic rings. The van der Waals surface area contributed by atoms with Crippen molar-refractivity contribution in [3.63, 3.8) is 0 Å². The summed E-state index contributed by atoms with van der Waals surface area (Å²) in [6.45, 7) is 9.33. The lowest BCUT2D eigenvalue weighted by molar-refractivity contribution is -0.140. The van der Waals surface area contributed by atoms with Crippen LogP contribution in [0.3, 0.4) is 0 Å². The van der Waals surface area contributed by atoms with Crippen LogP contribution in [0.15, 0.2) is 0 Å². The van der Waals surface area contributed by atoms with Crippen LogP contribution in [0.1, 0.15) is 79.1 Å². The summed E-state index contributed by atoms with van der Waals surface area (Å²) >= 11 is 0. The number of likely N-dealkylation sites (tertiary alicyclic amines) is 1. The summed E-state index contributed by atoms with van der Waals surface area (Å²) in [5.74, 6) is 0.352. The zero-order chi connectivity index (χ0) is 19.8. The highest BCUT2D eigenvalue weighted by Gasteiger charge is 2.53. The zero-order valence-electron chi connectivity index (χ0n) is 17.3. The van der Waals surface area contributed by atoms with Gasteiger partial charge >= 0.3 is 6.03 Å². The molecule has 0 aromatic carbocycles. The first kappa shape index (κ1) is 20.2. The Bertz CT molecular complexity index is 602. The number of imide groups is 1. The predicted octanol–water partition coefficient (Wildman–Crippen LogP) is 3.30. The molecule has 1 saturated carbocycles. The Hall–Kier alpha value is -1.59. The third kappa shape index (κ3) is 4.14. The maximum Gasteiger partial charge on any atom is 0.325 e. The summed E-state index contributed by atoms with van der Waals surface area (Å²) in [6, 6.07) is -0.179. The van der Waals surface area contributed by atoms with E-state index in [-0.39, 0.29) is 29.8 Å². The lowest BCUT2D eigenvalue weighted by Crippen LogP contribution is -2.50. The van der Waals surface area contributed by atoms with Gasteiger partial charge in [-0.3, -0.25) is 14.5 Å². The molecule has 6 heteroatoms. The van der Waals surface area contributed by atoms with Gasteiger partial charge < -0.3 is 10.2 Å². The van der Waals surface area contributed by atoms with Gasteiger partial charge in [-0.05, 0) is 56.3 Å². The molecule has 3 aliphatic rings. The number of carbonyl (C=O) groups excluding carboxylic acids is 3. The van der Waals surface area contributed by atoms with Crippen molar-refractivity contribution in [1.82, 2.24) is 15.1 Å². The maximum absolute atomic E-state index is 13.0. The summed E-state index contributed by atoms with van der Waals surface area (Å²) in [4.78, 5) is 41.5. The van der Waals surface area contributed by atoms with E-state index < -0.39 is 11.6 Å². The molecule has 1 N–H and O–H groups in total. The molecule has 2 saturated heterocycles. The molecular weight excluding hydrogens is 342 g/mol. The zero-order valence-corrected chi connectivity index (χ0v) is 17.3. The van der Waals surface area contributed by atoms with Crippen molar-refractivity contribution < 1.29 is 14.4 Å². The Morgan fingerprint density at radius 2 is 1.85 bits per heavy atom. The molecule has 1 aliphatic carbocycles. The first-order valence-corrected chi connectivity index (χ1v) is 10.6. The average molecular weight is 378 g/mol. The second-order valence-corrected chi connectivity index (χ2v) is 9.90. The number of amides is 4. The van der Waals surface area contributed by atoms with E-state index in [1.54, 1.807) is 0 Å². The van der Waals surface area contributed by atoms with Gasteiger partial charge in [0.15, 0.2) is 0 Å². The monoisotopic (exact) mass is 377 g/mol. The smallest absolute Gasteiger partial charge is 0.325 e. The lowest BCUT2D eigenvalue weighted by atomic mass is 9.75. The molecule has 6 nitrogen and oxygen atoms in total. The highest BCUT2D eigenvalue weighted by molar-refractivity contribution is 6.09. The van der Waals surface area contributed by atoms with Crippen LogP contribution < -0.4 is 5.32 Å². The molecular formula is C21H35N3O3. The Kier molecular flexibility index (Phi) is 5.55. The maximum atomic E-state index is 13.0. The molecule has 3 fully saturated rings. The van der Waals surface area contributed by atoms with E-state index in [4.69, 9.17) is 0 Å². The van der Waals surface area contributed by atoms with E-state index in [1.165, 1.54) is 4.90 Å². The molecule has 1 spiro atoms. The summed E-state index contributed by atoms with van der Waals surface area (Å²) < 4.78 is 0. The van der Waals surface area contributed by atoms with Crippen molar-refractivity contribution in [1.29, 1.82) is 0 Å². The number of rotatable bonds is 4. The van der Waals surface area contributed by atoms with E-state index in [9.17, 15) is 14.4 Å². The molecule has 0 aromatic heterocycles. The summed E-state index contributed by atoms with van der Waals surface area (Å²) in [7, 11) is 0. The second kappa shape index (κ2) is 7.44. The minimum atomic E-state index is -0.765. The van der Waals surface area contributed by atoms with Crippen molar-refractivity contribution in [3.05, 3.63) is 0 Å². The topological polar surface area (TPSA) is 69.7 Å². The highest BCUT2D eigenvalue weighted by atomic mass is 16.2. The van der Waals surface area contributed by atoms with Gasteiger partial charge in [-0.1, -0.05) is 34.1 Å². The van der Waals surface area contributed by atoms with Gasteiger partial charge in [-0.25, -0.2) is 4.79 Å². The Morgan fingerprint density at radius 3 is 2.44 bits per heavy atom. The van der Waals surface area contributed by atoms with Crippen molar-refractivity contribution >= 4 is 17.8 Å². The van der Waals surface area contributed by atoms with Crippen LogP contribution in [0.4, 0.5) is 4.79 Å². The molecule has 1 unspecified atom stereocenters. The van der Waals surface area contributed by atoms with Crippen LogP contribution in [-0.2, 0) is 9.59 Å². The molecule has 4 amide bonds. The Morgan fingerprint density at radius 1 is 1.19 bits per heavy atom. The number of hydrogen-bond donors (Lipinski definition) is 1. The van der Waals surface area contributed by atoms with Crippen molar-refractivity contribution in [2.75, 3.05) is 13.1 Å². The first-order chi connectivity index (χ1) is 12.6. The number of hydrogen-bond acceptors (Lipinski definition) is 3. The minimum absolute atomic E-state index is 0.0930. The molecule has 152 valence electrons. The predicted molar refractivity (Wildman–Crippen MR) is 104 cm³/mol. The average Bonchev–Trinajstić information content (AvgIpc) is 3.13. The van der Waals surface area contributed by atoms with Gasteiger partial charge in [0.2, 0.25) is 5.91 Å². The first-order valence-electron chi connectivity index (χ1n) is 10.6. The van der Waals surface area contributed by atoms with Gasteiger partial charge in [0, 0.05) is 12.6 Å². The third-order valence-corrected chi connectivity index (χ3v) is 6.62. The third-order valence-electron chi connectivity index (χ3n) is 6.62. The SMILES string of the molecule is CCC1CCC2(CC1)NC(=O)N(CC(=O)N1CCCC1CC(C)(C)C)C2=O. The number of urea groups is 1. The highest BCUT2D eigenvalue weighted by Crippen LogP contribution is 2.38. The fraction of sp³-hybridized carbons (Fsp3) is 0.857. The van der Waals surface area contributed by atoms with Crippen LogP contribution >= 0.6 is 0 Å². The normalized spacial score (nSPS) is 31.7. The van der Waals surface area contributed by atoms with E-state index in [1.807, 2.05) is 4.90 Å². The van der Waals surface area contributed by atoms with Crippen LogP contribution in [0.5, 0.6) is 0 Å². The molecule has 0 radical (unpaired) electrons. The summed E-state index contributed by atoms with van der Waals surface area (Å²) in [6.07, 6.45) is 7.37. The summed E-state index contributed by atoms with van der Waals surface area (Å²) in [5.41, 5.74) is -0.616. The molecule has 3 rings (SSSR count). The van der Waals surface area contributed by atoms with Gasteiger partial charge in [-0.15, -0.1) is 0 Å². The fourth-order valence-electron chi connectivity index (χ4n) is 5.05. The molecule has 27 heavy (non-hydrogen) atoms. The van der Waals surface area contributed by atoms with Crippen LogP contribution in [0, 0.1) is 11.3 Å². The lowest BCUT2D eigenvalue weighted by Gasteiger charge is -2.34. The van der Waals surface area contributed by atoms with Crippen LogP contribution in [-0.4, -0.2) is 52.3 Å². The number of nitrogens with one attached hydrogen (secondary N) is 1. The number of nitrogens with zero attached hydrogens (tertiary/aromatic N) is 2. The standard InChI is InChI=1S/C21H35N3O3/c1-5-15-8-10-21(11-9-15)18(26)24(19(27)22-21)14-17(25)23-12-6-7-16(23)13-20(2,3)4/h15-16H,5-14H2,1-4H3,(H,22,27). The molecule has 2 heterocycles. The van der Waals surface area contributed by atoms with Crippen LogP contribution in [0.2, 0.25) is 0 Å². The van der Waals surface area contributed by atoms with Crippen molar-refractivity contribution in [3.8, 4) is 0 Å². The fourth-order valence-corrected chi connectivity index (χ4v) is 5.05.